The summed E-state index contributed by atoms with van der Waals surface area (Å²) < 4.78 is 0. The lowest BCUT2D eigenvalue weighted by atomic mass is 9.72. The Morgan fingerprint density at radius 2 is 2.03 bits per heavy atom. The van der Waals surface area contributed by atoms with E-state index in [2.05, 4.69) is 66.6 Å². The van der Waals surface area contributed by atoms with Crippen molar-refractivity contribution in [3.8, 4) is 0 Å². The third-order valence-electron chi connectivity index (χ3n) is 8.84. The SMILES string of the molecule is CCC(CC)[C@@H]1C[C@H](c2ccccc2)CCN1C(=O)[C@@H]1CNC[C@]12CCNCc1nc(C)sc12. The Bertz CT molecular complexity index is 988. The van der Waals surface area contributed by atoms with Gasteiger partial charge in [-0.05, 0) is 50.1 Å². The van der Waals surface area contributed by atoms with Crippen LogP contribution in [0.25, 0.3) is 0 Å². The van der Waals surface area contributed by atoms with Gasteiger partial charge in [-0.1, -0.05) is 57.0 Å². The van der Waals surface area contributed by atoms with Gasteiger partial charge in [0.2, 0.25) is 5.91 Å². The highest BCUT2D eigenvalue weighted by atomic mass is 32.1. The van der Waals surface area contributed by atoms with Crippen LogP contribution < -0.4 is 10.6 Å². The molecule has 0 bridgehead atoms. The fraction of sp³-hybridized carbons (Fsp3) is 0.643. The number of piperidine rings is 1. The first kappa shape index (κ1) is 24.0. The Morgan fingerprint density at radius 1 is 1.24 bits per heavy atom. The number of benzene rings is 1. The average molecular weight is 481 g/mol. The van der Waals surface area contributed by atoms with E-state index in [1.807, 2.05) is 11.3 Å². The van der Waals surface area contributed by atoms with Gasteiger partial charge in [0.15, 0.2) is 0 Å². The van der Waals surface area contributed by atoms with Crippen LogP contribution in [0.2, 0.25) is 0 Å². The van der Waals surface area contributed by atoms with Gasteiger partial charge in [-0.25, -0.2) is 4.98 Å². The zero-order chi connectivity index (χ0) is 23.7. The molecule has 0 saturated carbocycles. The molecule has 0 aliphatic carbocycles. The van der Waals surface area contributed by atoms with E-state index in [1.165, 1.54) is 16.1 Å². The van der Waals surface area contributed by atoms with Crippen molar-refractivity contribution >= 4 is 17.2 Å². The maximum absolute atomic E-state index is 14.4. The first-order valence-electron chi connectivity index (χ1n) is 13.3. The van der Waals surface area contributed by atoms with Crippen molar-refractivity contribution in [2.24, 2.45) is 11.8 Å². The Labute approximate surface area is 208 Å². The smallest absolute Gasteiger partial charge is 0.228 e. The first-order valence-corrected chi connectivity index (χ1v) is 14.1. The molecule has 1 spiro atoms. The highest BCUT2D eigenvalue weighted by molar-refractivity contribution is 7.11. The molecule has 5 nitrogen and oxygen atoms in total. The van der Waals surface area contributed by atoms with Gasteiger partial charge in [0.05, 0.1) is 16.6 Å². The number of likely N-dealkylation sites (tertiary alicyclic amines) is 1. The van der Waals surface area contributed by atoms with Gasteiger partial charge in [-0.2, -0.15) is 0 Å². The Hall–Kier alpha value is -1.76. The van der Waals surface area contributed by atoms with Crippen LogP contribution in [0.15, 0.2) is 30.3 Å². The molecular weight excluding hydrogens is 440 g/mol. The number of carbonyl (C=O) groups is 1. The Balaban J connectivity index is 1.45. The van der Waals surface area contributed by atoms with Crippen LogP contribution >= 0.6 is 11.3 Å². The van der Waals surface area contributed by atoms with Gasteiger partial charge < -0.3 is 15.5 Å². The summed E-state index contributed by atoms with van der Waals surface area (Å²) in [6.07, 6.45) is 5.40. The summed E-state index contributed by atoms with van der Waals surface area (Å²) >= 11 is 1.82. The monoisotopic (exact) mass is 480 g/mol. The van der Waals surface area contributed by atoms with E-state index in [1.54, 1.807) is 0 Å². The second-order valence-electron chi connectivity index (χ2n) is 10.6. The molecule has 2 saturated heterocycles. The van der Waals surface area contributed by atoms with Gasteiger partial charge in [0, 0.05) is 42.5 Å². The van der Waals surface area contributed by atoms with Crippen molar-refractivity contribution in [3.63, 3.8) is 0 Å². The molecule has 3 aliphatic heterocycles. The summed E-state index contributed by atoms with van der Waals surface area (Å²) in [6, 6.07) is 11.3. The third-order valence-corrected chi connectivity index (χ3v) is 10.1. The van der Waals surface area contributed by atoms with E-state index in [-0.39, 0.29) is 11.3 Å². The number of hydrogen-bond donors (Lipinski definition) is 2. The van der Waals surface area contributed by atoms with Crippen LogP contribution in [0.5, 0.6) is 0 Å². The molecule has 3 aliphatic rings. The first-order chi connectivity index (χ1) is 16.6. The predicted molar refractivity (Wildman–Crippen MR) is 139 cm³/mol. The molecule has 184 valence electrons. The third kappa shape index (κ3) is 4.22. The summed E-state index contributed by atoms with van der Waals surface area (Å²) in [7, 11) is 0. The van der Waals surface area contributed by atoms with E-state index in [0.29, 0.717) is 23.8 Å². The molecule has 1 aromatic heterocycles. The van der Waals surface area contributed by atoms with Crippen molar-refractivity contribution in [2.45, 2.75) is 76.8 Å². The quantitative estimate of drug-likeness (QED) is 0.656. The minimum Gasteiger partial charge on any atom is -0.339 e. The maximum Gasteiger partial charge on any atom is 0.228 e. The molecule has 0 radical (unpaired) electrons. The number of hydrogen-bond acceptors (Lipinski definition) is 5. The Morgan fingerprint density at radius 3 is 2.79 bits per heavy atom. The number of carbonyl (C=O) groups excluding carboxylic acids is 1. The largest absolute Gasteiger partial charge is 0.339 e. The number of aryl methyl sites for hydroxylation is 1. The van der Waals surface area contributed by atoms with E-state index in [9.17, 15) is 4.79 Å². The highest BCUT2D eigenvalue weighted by Crippen LogP contribution is 2.46. The molecule has 0 unspecified atom stereocenters. The van der Waals surface area contributed by atoms with E-state index in [4.69, 9.17) is 4.98 Å². The fourth-order valence-corrected chi connectivity index (χ4v) is 8.18. The van der Waals surface area contributed by atoms with Gasteiger partial charge in [0.1, 0.15) is 0 Å². The van der Waals surface area contributed by atoms with Gasteiger partial charge in [-0.15, -0.1) is 11.3 Å². The lowest BCUT2D eigenvalue weighted by Gasteiger charge is -2.46. The molecule has 2 fully saturated rings. The molecule has 4 heterocycles. The van der Waals surface area contributed by atoms with E-state index >= 15 is 0 Å². The molecule has 4 atom stereocenters. The number of aromatic nitrogens is 1. The van der Waals surface area contributed by atoms with Crippen molar-refractivity contribution in [1.82, 2.24) is 20.5 Å². The second-order valence-corrected chi connectivity index (χ2v) is 11.8. The highest BCUT2D eigenvalue weighted by Gasteiger charge is 2.53. The van der Waals surface area contributed by atoms with Crippen molar-refractivity contribution in [2.75, 3.05) is 26.2 Å². The number of nitrogens with one attached hydrogen (secondary N) is 2. The summed E-state index contributed by atoms with van der Waals surface area (Å²) in [5.74, 6) is 1.48. The number of nitrogens with zero attached hydrogens (tertiary/aromatic N) is 2. The topological polar surface area (TPSA) is 57.3 Å². The minimum absolute atomic E-state index is 0.00358. The lowest BCUT2D eigenvalue weighted by Crippen LogP contribution is -2.54. The Kier molecular flexibility index (Phi) is 7.10. The zero-order valence-electron chi connectivity index (χ0n) is 21.0. The van der Waals surface area contributed by atoms with E-state index < -0.39 is 0 Å². The molecule has 1 aromatic carbocycles. The molecule has 2 N–H and O–H groups in total. The number of thiazole rings is 1. The molecular formula is C28H40N4OS. The van der Waals surface area contributed by atoms with Crippen LogP contribution in [0.4, 0.5) is 0 Å². The van der Waals surface area contributed by atoms with Crippen LogP contribution in [-0.2, 0) is 16.8 Å². The van der Waals surface area contributed by atoms with Crippen molar-refractivity contribution in [1.29, 1.82) is 0 Å². The lowest BCUT2D eigenvalue weighted by molar-refractivity contribution is -0.142. The van der Waals surface area contributed by atoms with Gasteiger partial charge >= 0.3 is 0 Å². The van der Waals surface area contributed by atoms with Crippen LogP contribution in [0.3, 0.4) is 0 Å². The molecule has 34 heavy (non-hydrogen) atoms. The maximum atomic E-state index is 14.4. The molecule has 1 amide bonds. The summed E-state index contributed by atoms with van der Waals surface area (Å²) in [6.45, 7) is 11.0. The van der Waals surface area contributed by atoms with Crippen LogP contribution in [0, 0.1) is 18.8 Å². The van der Waals surface area contributed by atoms with E-state index in [0.717, 1.165) is 69.8 Å². The van der Waals surface area contributed by atoms with Crippen molar-refractivity contribution < 1.29 is 4.79 Å². The van der Waals surface area contributed by atoms with Gasteiger partial charge in [-0.3, -0.25) is 4.79 Å². The molecule has 2 aromatic rings. The van der Waals surface area contributed by atoms with Crippen molar-refractivity contribution in [3.05, 3.63) is 51.5 Å². The van der Waals surface area contributed by atoms with Crippen LogP contribution in [-0.4, -0.2) is 48.0 Å². The molecule has 6 heteroatoms. The summed E-state index contributed by atoms with van der Waals surface area (Å²) in [4.78, 5) is 23.0. The second kappa shape index (κ2) is 10.1. The summed E-state index contributed by atoms with van der Waals surface area (Å²) in [5.41, 5.74) is 2.47. The minimum atomic E-state index is -0.128. The summed E-state index contributed by atoms with van der Waals surface area (Å²) in [5, 5.41) is 8.32. The van der Waals surface area contributed by atoms with Crippen LogP contribution in [0.1, 0.15) is 73.0 Å². The zero-order valence-corrected chi connectivity index (χ0v) is 21.8. The molecule has 5 rings (SSSR count). The standard InChI is InChI=1S/C28H40N4OS/c1-4-20(5-2)25-15-22(21-9-7-6-8-10-21)11-14-32(25)27(33)23-16-30-18-28(23)12-13-29-17-24-26(28)34-19(3)31-24/h6-10,20,22-23,25,29-30H,4-5,11-18H2,1-3H3/t22-,23+,25+,28-/m1/s1. The predicted octanol–water partition coefficient (Wildman–Crippen LogP) is 4.61. The normalized spacial score (nSPS) is 29.4. The van der Waals surface area contributed by atoms with Gasteiger partial charge in [0.25, 0.3) is 0 Å². The number of fused-ring (bicyclic) bond motifs is 2. The number of amides is 1. The average Bonchev–Trinajstić information content (AvgIpc) is 3.42. The number of rotatable bonds is 5. The fourth-order valence-electron chi connectivity index (χ4n) is 6.97.